The van der Waals surface area contributed by atoms with Crippen molar-refractivity contribution in [3.05, 3.63) is 29.3 Å². The quantitative estimate of drug-likeness (QED) is 0.838. The van der Waals surface area contributed by atoms with Gasteiger partial charge in [0.2, 0.25) is 10.0 Å². The molecule has 2 aromatic heterocycles. The molecule has 6 nitrogen and oxygen atoms in total. The highest BCUT2D eigenvalue weighted by molar-refractivity contribution is 7.90. The van der Waals surface area contributed by atoms with Crippen LogP contribution in [0.25, 0.3) is 10.6 Å². The molecule has 3 heterocycles. The van der Waals surface area contributed by atoms with Crippen LogP contribution in [-0.2, 0) is 16.6 Å². The van der Waals surface area contributed by atoms with E-state index < -0.39 is 10.0 Å². The highest BCUT2D eigenvalue weighted by Crippen LogP contribution is 2.28. The van der Waals surface area contributed by atoms with E-state index in [4.69, 9.17) is 0 Å². The number of nitrogens with one attached hydrogen (secondary N) is 2. The van der Waals surface area contributed by atoms with Gasteiger partial charge < -0.3 is 0 Å². The predicted molar refractivity (Wildman–Crippen MR) is 88.2 cm³/mol. The summed E-state index contributed by atoms with van der Waals surface area (Å²) < 4.78 is 26.8. The van der Waals surface area contributed by atoms with Gasteiger partial charge in [-0.05, 0) is 24.4 Å². The number of hydrogen-bond acceptors (Lipinski definition) is 5. The number of aromatic amines is 1. The Morgan fingerprint density at radius 2 is 2.41 bits per heavy atom. The molecular formula is C14H20N4O2S2. The Labute approximate surface area is 134 Å². The van der Waals surface area contributed by atoms with Gasteiger partial charge in [0, 0.05) is 25.2 Å². The second-order valence-corrected chi connectivity index (χ2v) is 8.43. The summed E-state index contributed by atoms with van der Waals surface area (Å²) in [6.45, 7) is 4.35. The molecule has 1 saturated heterocycles. The Hall–Kier alpha value is -1.22. The molecule has 1 atom stereocenters. The number of H-pyrrole nitrogens is 1. The number of likely N-dealkylation sites (tertiary alicyclic amines) is 1. The minimum absolute atomic E-state index is 0.315. The minimum Gasteiger partial charge on any atom is -0.298 e. The van der Waals surface area contributed by atoms with Crippen molar-refractivity contribution in [2.45, 2.75) is 25.1 Å². The van der Waals surface area contributed by atoms with Gasteiger partial charge in [0.05, 0.1) is 22.0 Å². The van der Waals surface area contributed by atoms with Crippen LogP contribution in [0.2, 0.25) is 0 Å². The molecule has 22 heavy (non-hydrogen) atoms. The first-order chi connectivity index (χ1) is 10.6. The molecule has 3 rings (SSSR count). The molecule has 0 aromatic carbocycles. The summed E-state index contributed by atoms with van der Waals surface area (Å²) in [6, 6.07) is 4.07. The molecule has 8 heteroatoms. The second-order valence-electron chi connectivity index (χ2n) is 5.44. The largest absolute Gasteiger partial charge is 0.298 e. The van der Waals surface area contributed by atoms with Gasteiger partial charge in [-0.3, -0.25) is 10.00 Å². The van der Waals surface area contributed by atoms with E-state index in [1.54, 1.807) is 11.3 Å². The zero-order chi connectivity index (χ0) is 15.6. The molecule has 1 aliphatic heterocycles. The first-order valence-electron chi connectivity index (χ1n) is 7.37. The lowest BCUT2D eigenvalue weighted by Crippen LogP contribution is -2.36. The summed E-state index contributed by atoms with van der Waals surface area (Å²) in [4.78, 5) is 3.34. The minimum atomic E-state index is -3.19. The molecule has 0 saturated carbocycles. The van der Waals surface area contributed by atoms with Crippen molar-refractivity contribution in [2.75, 3.05) is 19.6 Å². The topological polar surface area (TPSA) is 78.1 Å². The van der Waals surface area contributed by atoms with E-state index in [2.05, 4.69) is 25.9 Å². The van der Waals surface area contributed by atoms with E-state index in [0.717, 1.165) is 29.2 Å². The molecule has 0 unspecified atom stereocenters. The number of rotatable bonds is 6. The van der Waals surface area contributed by atoms with E-state index in [-0.39, 0.29) is 5.25 Å². The molecule has 2 aromatic rings. The van der Waals surface area contributed by atoms with Crippen molar-refractivity contribution in [1.29, 1.82) is 0 Å². The molecular weight excluding hydrogens is 320 g/mol. The number of sulfonamides is 1. The summed E-state index contributed by atoms with van der Waals surface area (Å²) in [5.41, 5.74) is 2.15. The smallest absolute Gasteiger partial charge is 0.215 e. The van der Waals surface area contributed by atoms with Crippen molar-refractivity contribution < 1.29 is 8.42 Å². The molecule has 120 valence electrons. The summed E-state index contributed by atoms with van der Waals surface area (Å²) in [5.74, 6) is 0. The maximum atomic E-state index is 12.1. The van der Waals surface area contributed by atoms with Crippen molar-refractivity contribution in [3.8, 4) is 10.6 Å². The average Bonchev–Trinajstić information content (AvgIpc) is 3.19. The lowest BCUT2D eigenvalue weighted by molar-refractivity contribution is 0.331. The number of nitrogens with zero attached hydrogens (tertiary/aromatic N) is 2. The van der Waals surface area contributed by atoms with Gasteiger partial charge in [0.15, 0.2) is 0 Å². The van der Waals surface area contributed by atoms with E-state index >= 15 is 0 Å². The van der Waals surface area contributed by atoms with Crippen LogP contribution in [0.1, 0.15) is 18.9 Å². The number of hydrogen-bond donors (Lipinski definition) is 2. The van der Waals surface area contributed by atoms with Gasteiger partial charge in [0.25, 0.3) is 0 Å². The fraction of sp³-hybridized carbons (Fsp3) is 0.500. The maximum absolute atomic E-state index is 12.1. The highest BCUT2D eigenvalue weighted by Gasteiger charge is 2.32. The Balaban J connectivity index is 1.68. The maximum Gasteiger partial charge on any atom is 0.215 e. The Bertz CT molecular complexity index is 709. The van der Waals surface area contributed by atoms with E-state index in [1.165, 1.54) is 0 Å². The summed E-state index contributed by atoms with van der Waals surface area (Å²) in [5, 5.41) is 8.91. The van der Waals surface area contributed by atoms with Gasteiger partial charge in [0.1, 0.15) is 0 Å². The number of thiophene rings is 1. The first-order valence-corrected chi connectivity index (χ1v) is 9.79. The van der Waals surface area contributed by atoms with E-state index in [1.807, 2.05) is 24.6 Å². The summed E-state index contributed by atoms with van der Waals surface area (Å²) >= 11 is 1.67. The van der Waals surface area contributed by atoms with Crippen LogP contribution in [0.15, 0.2) is 23.7 Å². The lowest BCUT2D eigenvalue weighted by Gasteiger charge is -2.16. The third-order valence-electron chi connectivity index (χ3n) is 3.89. The van der Waals surface area contributed by atoms with Crippen LogP contribution in [0.3, 0.4) is 0 Å². The fourth-order valence-electron chi connectivity index (χ4n) is 2.82. The van der Waals surface area contributed by atoms with Crippen LogP contribution in [0.4, 0.5) is 0 Å². The van der Waals surface area contributed by atoms with E-state index in [9.17, 15) is 8.42 Å². The third kappa shape index (κ3) is 3.24. The van der Waals surface area contributed by atoms with Gasteiger partial charge >= 0.3 is 0 Å². The molecule has 0 radical (unpaired) electrons. The normalized spacial score (nSPS) is 19.8. The molecule has 0 spiro atoms. The van der Waals surface area contributed by atoms with Crippen LogP contribution in [0.5, 0.6) is 0 Å². The third-order valence-corrected chi connectivity index (χ3v) is 6.73. The zero-order valence-electron chi connectivity index (χ0n) is 12.4. The average molecular weight is 340 g/mol. The van der Waals surface area contributed by atoms with Gasteiger partial charge in [-0.15, -0.1) is 11.3 Å². The SMILES string of the molecule is CCNS(=O)(=O)[C@H]1CCN(Cc2cn[nH]c2-c2cccs2)C1. The van der Waals surface area contributed by atoms with Crippen molar-refractivity contribution >= 4 is 21.4 Å². The van der Waals surface area contributed by atoms with Gasteiger partial charge in [-0.25, -0.2) is 13.1 Å². The predicted octanol–water partition coefficient (Wildman–Crippen LogP) is 1.65. The van der Waals surface area contributed by atoms with Crippen LogP contribution < -0.4 is 4.72 Å². The van der Waals surface area contributed by atoms with Crippen LogP contribution in [-0.4, -0.2) is 48.4 Å². The Morgan fingerprint density at radius 3 is 3.14 bits per heavy atom. The zero-order valence-corrected chi connectivity index (χ0v) is 14.1. The molecule has 0 aliphatic carbocycles. The second kappa shape index (κ2) is 6.49. The van der Waals surface area contributed by atoms with Crippen molar-refractivity contribution in [3.63, 3.8) is 0 Å². The molecule has 1 aliphatic rings. The lowest BCUT2D eigenvalue weighted by atomic mass is 10.2. The van der Waals surface area contributed by atoms with Crippen LogP contribution >= 0.6 is 11.3 Å². The standard InChI is InChI=1S/C14H20N4O2S2/c1-2-16-22(19,20)12-5-6-18(10-12)9-11-8-15-17-14(11)13-4-3-7-21-13/h3-4,7-8,12,16H,2,5-6,9-10H2,1H3,(H,15,17)/t12-/m0/s1. The molecule has 1 fully saturated rings. The fourth-order valence-corrected chi connectivity index (χ4v) is 5.04. The number of aromatic nitrogens is 2. The van der Waals surface area contributed by atoms with Crippen molar-refractivity contribution in [1.82, 2.24) is 19.8 Å². The van der Waals surface area contributed by atoms with E-state index in [0.29, 0.717) is 19.5 Å². The molecule has 0 bridgehead atoms. The Morgan fingerprint density at radius 1 is 1.55 bits per heavy atom. The molecule has 2 N–H and O–H groups in total. The monoisotopic (exact) mass is 340 g/mol. The van der Waals surface area contributed by atoms with Crippen molar-refractivity contribution in [2.24, 2.45) is 0 Å². The summed E-state index contributed by atoms with van der Waals surface area (Å²) in [6.07, 6.45) is 2.52. The first kappa shape index (κ1) is 15.7. The molecule has 0 amide bonds. The van der Waals surface area contributed by atoms with Gasteiger partial charge in [-0.2, -0.15) is 5.10 Å². The Kier molecular flexibility index (Phi) is 4.62. The van der Waals surface area contributed by atoms with Gasteiger partial charge in [-0.1, -0.05) is 13.0 Å². The van der Waals surface area contributed by atoms with Crippen LogP contribution in [0, 0.1) is 0 Å². The highest BCUT2D eigenvalue weighted by atomic mass is 32.2. The summed E-state index contributed by atoms with van der Waals surface area (Å²) in [7, 11) is -3.19.